The van der Waals surface area contributed by atoms with Crippen molar-refractivity contribution in [3.8, 4) is 11.4 Å². The number of halogens is 1. The first-order valence-corrected chi connectivity index (χ1v) is 12.5. The van der Waals surface area contributed by atoms with E-state index >= 15 is 4.39 Å². The Morgan fingerprint density at radius 2 is 1.94 bits per heavy atom. The largest absolute Gasteiger partial charge is 0.382 e. The van der Waals surface area contributed by atoms with Crippen molar-refractivity contribution in [1.82, 2.24) is 19.9 Å². The summed E-state index contributed by atoms with van der Waals surface area (Å²) < 4.78 is 15.3. The lowest BCUT2D eigenvalue weighted by molar-refractivity contribution is 0.0976. The standard InChI is InChI=1S/C27H31FN6O/c1-15(2)13-29-22-12-21-17(11-18(22)28)25(30-23-14-34-9-7-16(23)8-10-34)24(27(35)33-21)26-31-19-5-3-4-6-20(19)32-26/h3-6,11-12,15-16,23,29H,7-10,13-14H2,1-2H3,(H,31,32)(H2,30,33,35)/t23-/m0/s1. The summed E-state index contributed by atoms with van der Waals surface area (Å²) in [5.74, 6) is 1.06. The van der Waals surface area contributed by atoms with Crippen LogP contribution in [0.3, 0.4) is 0 Å². The van der Waals surface area contributed by atoms with Gasteiger partial charge < -0.3 is 25.5 Å². The summed E-state index contributed by atoms with van der Waals surface area (Å²) >= 11 is 0. The lowest BCUT2D eigenvalue weighted by Crippen LogP contribution is -2.53. The number of rotatable bonds is 6. The van der Waals surface area contributed by atoms with Crippen LogP contribution in [0.15, 0.2) is 41.2 Å². The minimum atomic E-state index is -0.335. The number of hydrogen-bond acceptors (Lipinski definition) is 5. The molecule has 4 N–H and O–H groups in total. The molecule has 2 aromatic heterocycles. The van der Waals surface area contributed by atoms with Gasteiger partial charge in [0.2, 0.25) is 0 Å². The molecule has 4 aromatic rings. The molecule has 1 atom stereocenters. The van der Waals surface area contributed by atoms with Crippen LogP contribution < -0.4 is 16.2 Å². The number of pyridine rings is 1. The summed E-state index contributed by atoms with van der Waals surface area (Å²) in [4.78, 5) is 27.0. The maximum absolute atomic E-state index is 15.3. The van der Waals surface area contributed by atoms with Crippen LogP contribution in [-0.4, -0.2) is 52.1 Å². The van der Waals surface area contributed by atoms with Crippen LogP contribution in [0.1, 0.15) is 26.7 Å². The molecular weight excluding hydrogens is 443 g/mol. The number of aromatic nitrogens is 3. The third kappa shape index (κ3) is 4.05. The van der Waals surface area contributed by atoms with E-state index in [1.807, 2.05) is 24.3 Å². The van der Waals surface area contributed by atoms with Crippen LogP contribution in [-0.2, 0) is 0 Å². The maximum atomic E-state index is 15.3. The number of piperidine rings is 3. The zero-order chi connectivity index (χ0) is 24.1. The van der Waals surface area contributed by atoms with Crippen LogP contribution in [0.4, 0.5) is 15.8 Å². The molecule has 182 valence electrons. The highest BCUT2D eigenvalue weighted by molar-refractivity contribution is 6.00. The van der Waals surface area contributed by atoms with E-state index in [9.17, 15) is 4.79 Å². The number of nitrogens with zero attached hydrogens (tertiary/aromatic N) is 2. The summed E-state index contributed by atoms with van der Waals surface area (Å²) in [5, 5.41) is 7.52. The molecule has 35 heavy (non-hydrogen) atoms. The van der Waals surface area contributed by atoms with E-state index in [1.165, 1.54) is 6.07 Å². The predicted molar refractivity (Wildman–Crippen MR) is 140 cm³/mol. The second-order valence-corrected chi connectivity index (χ2v) is 10.3. The first kappa shape index (κ1) is 22.1. The Morgan fingerprint density at radius 3 is 2.66 bits per heavy atom. The fraction of sp³-hybridized carbons (Fsp3) is 0.407. The highest BCUT2D eigenvalue weighted by Gasteiger charge is 2.35. The van der Waals surface area contributed by atoms with Gasteiger partial charge in [0.15, 0.2) is 0 Å². The maximum Gasteiger partial charge on any atom is 0.261 e. The predicted octanol–water partition coefficient (Wildman–Crippen LogP) is 4.78. The molecule has 0 unspecified atom stereocenters. The lowest BCUT2D eigenvalue weighted by Gasteiger charge is -2.45. The van der Waals surface area contributed by atoms with Crippen molar-refractivity contribution in [3.05, 3.63) is 52.6 Å². The van der Waals surface area contributed by atoms with Crippen molar-refractivity contribution in [3.63, 3.8) is 0 Å². The van der Waals surface area contributed by atoms with Crippen molar-refractivity contribution in [1.29, 1.82) is 0 Å². The van der Waals surface area contributed by atoms with E-state index in [0.29, 0.717) is 52.0 Å². The first-order chi connectivity index (χ1) is 17.0. The molecule has 8 heteroatoms. The Kier molecular flexibility index (Phi) is 5.48. The van der Waals surface area contributed by atoms with Gasteiger partial charge in [-0.3, -0.25) is 4.79 Å². The molecule has 2 bridgehead atoms. The summed E-state index contributed by atoms with van der Waals surface area (Å²) in [6, 6.07) is 11.1. The second-order valence-electron chi connectivity index (χ2n) is 10.3. The molecule has 7 rings (SSSR count). The Morgan fingerprint density at radius 1 is 1.14 bits per heavy atom. The number of hydrogen-bond donors (Lipinski definition) is 4. The highest BCUT2D eigenvalue weighted by Crippen LogP contribution is 2.37. The molecule has 0 spiro atoms. The van der Waals surface area contributed by atoms with Gasteiger partial charge in [0, 0.05) is 24.5 Å². The molecule has 0 saturated carbocycles. The molecule has 5 heterocycles. The van der Waals surface area contributed by atoms with Crippen LogP contribution in [0.25, 0.3) is 33.3 Å². The normalized spacial score (nSPS) is 21.8. The third-order valence-electron chi connectivity index (χ3n) is 7.41. The first-order valence-electron chi connectivity index (χ1n) is 12.5. The van der Waals surface area contributed by atoms with Crippen molar-refractivity contribution in [2.75, 3.05) is 36.8 Å². The number of anilines is 2. The molecule has 3 aliphatic rings. The zero-order valence-electron chi connectivity index (χ0n) is 20.1. The van der Waals surface area contributed by atoms with Gasteiger partial charge in [-0.2, -0.15) is 0 Å². The van der Waals surface area contributed by atoms with Gasteiger partial charge in [-0.15, -0.1) is 0 Å². The fourth-order valence-electron chi connectivity index (χ4n) is 5.53. The molecule has 7 nitrogen and oxygen atoms in total. The number of benzene rings is 2. The topological polar surface area (TPSA) is 88.8 Å². The number of H-pyrrole nitrogens is 2. The van der Waals surface area contributed by atoms with Crippen LogP contribution in [0, 0.1) is 17.7 Å². The van der Waals surface area contributed by atoms with E-state index < -0.39 is 0 Å². The monoisotopic (exact) mass is 474 g/mol. The number of fused-ring (bicyclic) bond motifs is 5. The Balaban J connectivity index is 1.52. The Hall–Kier alpha value is -3.39. The van der Waals surface area contributed by atoms with E-state index in [4.69, 9.17) is 4.98 Å². The second kappa shape index (κ2) is 8.68. The van der Waals surface area contributed by atoms with Crippen molar-refractivity contribution >= 4 is 33.3 Å². The van der Waals surface area contributed by atoms with E-state index in [0.717, 1.165) is 43.5 Å². The van der Waals surface area contributed by atoms with Gasteiger partial charge in [-0.1, -0.05) is 26.0 Å². The molecule has 0 amide bonds. The fourth-order valence-corrected chi connectivity index (χ4v) is 5.53. The molecule has 3 fully saturated rings. The van der Waals surface area contributed by atoms with E-state index in [2.05, 4.69) is 39.3 Å². The third-order valence-corrected chi connectivity index (χ3v) is 7.41. The number of para-hydroxylation sites is 2. The number of aromatic amines is 2. The van der Waals surface area contributed by atoms with Crippen LogP contribution in [0.2, 0.25) is 0 Å². The number of imidazole rings is 1. The SMILES string of the molecule is CC(C)CNc1cc2[nH]c(=O)c(-c3nc4ccccc4[nH]3)c(N[C@H]3CN4CCC3CC4)c2cc1F. The van der Waals surface area contributed by atoms with Gasteiger partial charge in [0.05, 0.1) is 27.9 Å². The molecule has 0 aliphatic carbocycles. The van der Waals surface area contributed by atoms with Crippen LogP contribution >= 0.6 is 0 Å². The summed E-state index contributed by atoms with van der Waals surface area (Å²) in [5.41, 5.74) is 3.47. The molecule has 2 aromatic carbocycles. The smallest absolute Gasteiger partial charge is 0.261 e. The van der Waals surface area contributed by atoms with Crippen molar-refractivity contribution in [2.24, 2.45) is 11.8 Å². The quantitative estimate of drug-likeness (QED) is 0.323. The Labute approximate surface area is 203 Å². The van der Waals surface area contributed by atoms with E-state index in [-0.39, 0.29) is 17.4 Å². The molecule has 0 radical (unpaired) electrons. The Bertz CT molecular complexity index is 1420. The van der Waals surface area contributed by atoms with Gasteiger partial charge in [-0.05, 0) is 62.0 Å². The van der Waals surface area contributed by atoms with Gasteiger partial charge >= 0.3 is 0 Å². The minimum absolute atomic E-state index is 0.201. The highest BCUT2D eigenvalue weighted by atomic mass is 19.1. The van der Waals surface area contributed by atoms with Crippen molar-refractivity contribution in [2.45, 2.75) is 32.7 Å². The summed E-state index contributed by atoms with van der Waals surface area (Å²) in [6.45, 7) is 7.96. The van der Waals surface area contributed by atoms with Gasteiger partial charge in [-0.25, -0.2) is 9.37 Å². The summed E-state index contributed by atoms with van der Waals surface area (Å²) in [7, 11) is 0. The van der Waals surface area contributed by atoms with Crippen LogP contribution in [0.5, 0.6) is 0 Å². The van der Waals surface area contributed by atoms with Gasteiger partial charge in [0.1, 0.15) is 17.2 Å². The molecule has 3 aliphatic heterocycles. The molecular formula is C27H31FN6O. The average Bonchev–Trinajstić information content (AvgIpc) is 3.27. The zero-order valence-corrected chi connectivity index (χ0v) is 20.1. The van der Waals surface area contributed by atoms with E-state index in [1.54, 1.807) is 6.07 Å². The summed E-state index contributed by atoms with van der Waals surface area (Å²) in [6.07, 6.45) is 2.27. The van der Waals surface area contributed by atoms with Crippen molar-refractivity contribution < 1.29 is 4.39 Å². The average molecular weight is 475 g/mol. The lowest BCUT2D eigenvalue weighted by atomic mass is 9.83. The number of nitrogens with one attached hydrogen (secondary N) is 4. The molecule has 3 saturated heterocycles. The minimum Gasteiger partial charge on any atom is -0.382 e. The van der Waals surface area contributed by atoms with Gasteiger partial charge in [0.25, 0.3) is 5.56 Å².